The number of aryl methyl sites for hydroxylation is 1. The summed E-state index contributed by atoms with van der Waals surface area (Å²) in [5.74, 6) is -0.938. The van der Waals surface area contributed by atoms with Crippen molar-refractivity contribution >= 4 is 62.3 Å². The first-order valence-electron chi connectivity index (χ1n) is 13.0. The second kappa shape index (κ2) is 13.5. The molecule has 0 bridgehead atoms. The number of benzene rings is 3. The minimum atomic E-state index is -4.19. The molecule has 0 heterocycles. The van der Waals surface area contributed by atoms with E-state index in [-0.39, 0.29) is 29.5 Å². The van der Waals surface area contributed by atoms with Crippen LogP contribution in [0.5, 0.6) is 0 Å². The van der Waals surface area contributed by atoms with Gasteiger partial charge in [0.15, 0.2) is 0 Å². The maximum atomic E-state index is 14.1. The summed E-state index contributed by atoms with van der Waals surface area (Å²) in [6.45, 7) is 8.60. The molecular weight excluding hydrogens is 605 g/mol. The average Bonchev–Trinajstić information content (AvgIpc) is 2.88. The summed E-state index contributed by atoms with van der Waals surface area (Å²) in [5.41, 5.74) is 1.18. The van der Waals surface area contributed by atoms with Gasteiger partial charge >= 0.3 is 0 Å². The van der Waals surface area contributed by atoms with E-state index in [2.05, 4.69) is 5.32 Å². The van der Waals surface area contributed by atoms with E-state index in [4.69, 9.17) is 34.8 Å². The van der Waals surface area contributed by atoms with Gasteiger partial charge in [0.25, 0.3) is 10.0 Å². The van der Waals surface area contributed by atoms with Gasteiger partial charge in [-0.15, -0.1) is 0 Å². The van der Waals surface area contributed by atoms with Crippen molar-refractivity contribution in [1.82, 2.24) is 10.2 Å². The molecule has 0 fully saturated rings. The van der Waals surface area contributed by atoms with Gasteiger partial charge in [0.1, 0.15) is 12.6 Å². The molecule has 41 heavy (non-hydrogen) atoms. The predicted octanol–water partition coefficient (Wildman–Crippen LogP) is 6.87. The van der Waals surface area contributed by atoms with E-state index >= 15 is 0 Å². The first-order chi connectivity index (χ1) is 19.1. The number of amides is 2. The highest BCUT2D eigenvalue weighted by molar-refractivity contribution is 7.92. The lowest BCUT2D eigenvalue weighted by atomic mass is 10.1. The Hall–Kier alpha value is -2.78. The van der Waals surface area contributed by atoms with Crippen molar-refractivity contribution < 1.29 is 18.0 Å². The van der Waals surface area contributed by atoms with Gasteiger partial charge in [-0.25, -0.2) is 8.42 Å². The van der Waals surface area contributed by atoms with Crippen molar-refractivity contribution in [2.24, 2.45) is 0 Å². The number of carbonyl (C=O) groups excluding carboxylic acids is 2. The van der Waals surface area contributed by atoms with E-state index in [1.54, 1.807) is 55.5 Å². The van der Waals surface area contributed by atoms with Gasteiger partial charge in [-0.05, 0) is 82.1 Å². The van der Waals surface area contributed by atoms with Gasteiger partial charge in [-0.2, -0.15) is 0 Å². The van der Waals surface area contributed by atoms with E-state index in [0.717, 1.165) is 9.87 Å². The highest BCUT2D eigenvalue weighted by Crippen LogP contribution is 2.28. The fraction of sp³-hybridized carbons (Fsp3) is 0.333. The van der Waals surface area contributed by atoms with Crippen LogP contribution in [0.4, 0.5) is 5.69 Å². The molecule has 3 aromatic rings. The molecule has 11 heteroatoms. The fourth-order valence-corrected chi connectivity index (χ4v) is 6.12. The summed E-state index contributed by atoms with van der Waals surface area (Å²) >= 11 is 18.6. The molecule has 0 aromatic heterocycles. The van der Waals surface area contributed by atoms with E-state index in [9.17, 15) is 18.0 Å². The minimum Gasteiger partial charge on any atom is -0.350 e. The molecule has 1 N–H and O–H groups in total. The molecule has 0 saturated carbocycles. The van der Waals surface area contributed by atoms with Crippen molar-refractivity contribution in [1.29, 1.82) is 0 Å². The molecule has 7 nitrogen and oxygen atoms in total. The Bertz CT molecular complexity index is 1510. The van der Waals surface area contributed by atoms with Crippen molar-refractivity contribution in [3.05, 3.63) is 92.9 Å². The third-order valence-electron chi connectivity index (χ3n) is 6.21. The molecule has 0 aliphatic carbocycles. The Morgan fingerprint density at radius 2 is 1.59 bits per heavy atom. The highest BCUT2D eigenvalue weighted by Gasteiger charge is 2.34. The number of carbonyl (C=O) groups is 2. The lowest BCUT2D eigenvalue weighted by Crippen LogP contribution is -2.55. The first-order valence-corrected chi connectivity index (χ1v) is 15.6. The smallest absolute Gasteiger partial charge is 0.264 e. The summed E-state index contributed by atoms with van der Waals surface area (Å²) < 4.78 is 28.8. The molecule has 0 saturated heterocycles. The van der Waals surface area contributed by atoms with E-state index in [1.807, 2.05) is 27.7 Å². The van der Waals surface area contributed by atoms with Gasteiger partial charge in [0, 0.05) is 17.1 Å². The normalized spacial score (nSPS) is 12.5. The average molecular weight is 639 g/mol. The Balaban J connectivity index is 2.09. The molecule has 3 rings (SSSR count). The zero-order valence-electron chi connectivity index (χ0n) is 23.6. The monoisotopic (exact) mass is 637 g/mol. The Morgan fingerprint density at radius 3 is 2.15 bits per heavy atom. The van der Waals surface area contributed by atoms with E-state index < -0.39 is 34.1 Å². The second-order valence-electron chi connectivity index (χ2n) is 10.7. The van der Waals surface area contributed by atoms with Crippen LogP contribution < -0.4 is 9.62 Å². The van der Waals surface area contributed by atoms with Crippen LogP contribution in [0, 0.1) is 6.92 Å². The summed E-state index contributed by atoms with van der Waals surface area (Å²) in [6, 6.07) is 16.7. The summed E-state index contributed by atoms with van der Waals surface area (Å²) in [4.78, 5) is 28.9. The number of rotatable bonds is 10. The van der Waals surface area contributed by atoms with Crippen LogP contribution in [0.15, 0.2) is 71.6 Å². The highest BCUT2D eigenvalue weighted by atomic mass is 35.5. The SMILES string of the molecule is CC[C@@H](C(=O)NC(C)(C)C)N(Cc1ccc(Cl)c(Cl)c1)C(=O)CN(c1cccc(Cl)c1)S(=O)(=O)c1ccc(C)cc1. The standard InChI is InChI=1S/C30H34Cl3N3O4S/c1-6-27(29(38)34-30(3,4)5)35(18-21-12-15-25(32)26(33)16-21)28(37)19-36(23-9-7-8-22(31)17-23)41(39,40)24-13-10-20(2)11-14-24/h7-17,27H,6,18-19H2,1-5H3,(H,34,38)/t27-/m0/s1. The number of halogens is 3. The third kappa shape index (κ3) is 8.61. The number of hydrogen-bond donors (Lipinski definition) is 1. The van der Waals surface area contributed by atoms with Gasteiger partial charge in [0.2, 0.25) is 11.8 Å². The summed E-state index contributed by atoms with van der Waals surface area (Å²) in [5, 5.41) is 3.89. The lowest BCUT2D eigenvalue weighted by molar-refractivity contribution is -0.141. The van der Waals surface area contributed by atoms with Crippen LogP contribution in [-0.4, -0.2) is 43.3 Å². The largest absolute Gasteiger partial charge is 0.350 e. The van der Waals surface area contributed by atoms with E-state index in [0.29, 0.717) is 20.6 Å². The maximum Gasteiger partial charge on any atom is 0.264 e. The molecule has 1 atom stereocenters. The van der Waals surface area contributed by atoms with Crippen LogP contribution in [0.25, 0.3) is 0 Å². The number of sulfonamides is 1. The number of anilines is 1. The lowest BCUT2D eigenvalue weighted by Gasteiger charge is -2.34. The van der Waals surface area contributed by atoms with Crippen molar-refractivity contribution in [2.75, 3.05) is 10.8 Å². The second-order valence-corrected chi connectivity index (χ2v) is 13.9. The maximum absolute atomic E-state index is 14.1. The molecule has 220 valence electrons. The van der Waals surface area contributed by atoms with Crippen molar-refractivity contribution in [3.8, 4) is 0 Å². The van der Waals surface area contributed by atoms with E-state index in [1.165, 1.54) is 23.1 Å². The van der Waals surface area contributed by atoms with Crippen molar-refractivity contribution in [3.63, 3.8) is 0 Å². The minimum absolute atomic E-state index is 0.000241. The quantitative estimate of drug-likeness (QED) is 0.263. The Labute approximate surface area is 257 Å². The van der Waals surface area contributed by atoms with Crippen LogP contribution >= 0.6 is 34.8 Å². The topological polar surface area (TPSA) is 86.8 Å². The first kappa shape index (κ1) is 32.7. The van der Waals surface area contributed by atoms with Gasteiger partial charge in [0.05, 0.1) is 20.6 Å². The molecular formula is C30H34Cl3N3O4S. The molecule has 0 aliphatic rings. The zero-order chi connectivity index (χ0) is 30.5. The van der Waals surface area contributed by atoms with Gasteiger partial charge in [-0.1, -0.05) is 71.6 Å². The predicted molar refractivity (Wildman–Crippen MR) is 166 cm³/mol. The van der Waals surface area contributed by atoms with Gasteiger partial charge in [-0.3, -0.25) is 13.9 Å². The summed E-state index contributed by atoms with van der Waals surface area (Å²) in [6.07, 6.45) is 0.289. The number of hydrogen-bond acceptors (Lipinski definition) is 4. The Morgan fingerprint density at radius 1 is 0.927 bits per heavy atom. The number of nitrogens with zero attached hydrogens (tertiary/aromatic N) is 2. The van der Waals surface area contributed by atoms with Crippen LogP contribution in [-0.2, 0) is 26.2 Å². The van der Waals surface area contributed by atoms with Crippen molar-refractivity contribution in [2.45, 2.75) is 64.1 Å². The van der Waals surface area contributed by atoms with Crippen LogP contribution in [0.1, 0.15) is 45.2 Å². The fourth-order valence-electron chi connectivity index (χ4n) is 4.20. The van der Waals surface area contributed by atoms with Crippen LogP contribution in [0.2, 0.25) is 15.1 Å². The number of nitrogens with one attached hydrogen (secondary N) is 1. The van der Waals surface area contributed by atoms with Crippen LogP contribution in [0.3, 0.4) is 0 Å². The molecule has 3 aromatic carbocycles. The molecule has 0 spiro atoms. The van der Waals surface area contributed by atoms with Gasteiger partial charge < -0.3 is 10.2 Å². The summed E-state index contributed by atoms with van der Waals surface area (Å²) in [7, 11) is -4.19. The zero-order valence-corrected chi connectivity index (χ0v) is 26.7. The molecule has 0 unspecified atom stereocenters. The molecule has 0 radical (unpaired) electrons. The Kier molecular flexibility index (Phi) is 10.7. The molecule has 2 amide bonds. The third-order valence-corrected chi connectivity index (χ3v) is 8.97. The molecule has 0 aliphatic heterocycles.